The molecular weight excluding hydrogens is 405 g/mol. The highest BCUT2D eigenvalue weighted by molar-refractivity contribution is 9.10. The minimum atomic E-state index is -2.32. The first kappa shape index (κ1) is 16.0. The van der Waals surface area contributed by atoms with Crippen molar-refractivity contribution in [3.63, 3.8) is 0 Å². The van der Waals surface area contributed by atoms with E-state index in [1.807, 2.05) is 0 Å². The number of aromatic nitrogens is 1. The van der Waals surface area contributed by atoms with Crippen molar-refractivity contribution in [2.45, 2.75) is 0 Å². The molecule has 3 aromatic rings. The third-order valence-electron chi connectivity index (χ3n) is 2.98. The maximum absolute atomic E-state index is 13.7. The Morgan fingerprint density at radius 1 is 0.957 bits per heavy atom. The molecule has 0 aliphatic rings. The monoisotopic (exact) mass is 407 g/mol. The molecule has 0 unspecified atom stereocenters. The highest BCUT2D eigenvalue weighted by atomic mass is 79.9. The number of benzene rings is 2. The Kier molecular flexibility index (Phi) is 3.93. The van der Waals surface area contributed by atoms with Crippen molar-refractivity contribution in [3.8, 4) is 0 Å². The molecule has 0 aliphatic carbocycles. The molecule has 0 spiro atoms. The van der Waals surface area contributed by atoms with Crippen molar-refractivity contribution < 1.29 is 26.7 Å². The van der Waals surface area contributed by atoms with Crippen LogP contribution in [0.25, 0.3) is 10.2 Å². The molecule has 0 saturated carbocycles. The second kappa shape index (κ2) is 5.64. The number of carbonyl (C=O) groups excluding carboxylic acids is 1. The summed E-state index contributed by atoms with van der Waals surface area (Å²) in [6.07, 6.45) is 0. The Labute approximate surface area is 137 Å². The van der Waals surface area contributed by atoms with Crippen LogP contribution >= 0.6 is 27.3 Å². The summed E-state index contributed by atoms with van der Waals surface area (Å²) in [4.78, 5) is 16.0. The lowest BCUT2D eigenvalue weighted by atomic mass is 10.1. The van der Waals surface area contributed by atoms with E-state index in [4.69, 9.17) is 0 Å². The highest BCUT2D eigenvalue weighted by Gasteiger charge is 2.31. The molecule has 0 N–H and O–H groups in total. The molecule has 1 aromatic heterocycles. The van der Waals surface area contributed by atoms with Gasteiger partial charge in [0.2, 0.25) is 11.6 Å². The summed E-state index contributed by atoms with van der Waals surface area (Å²) in [5.74, 6) is -12.4. The zero-order valence-corrected chi connectivity index (χ0v) is 13.2. The minimum absolute atomic E-state index is 0.366. The van der Waals surface area contributed by atoms with E-state index in [-0.39, 0.29) is 5.01 Å². The van der Waals surface area contributed by atoms with Gasteiger partial charge in [-0.15, -0.1) is 11.3 Å². The lowest BCUT2D eigenvalue weighted by molar-refractivity contribution is 0.102. The van der Waals surface area contributed by atoms with Gasteiger partial charge in [-0.3, -0.25) is 4.79 Å². The van der Waals surface area contributed by atoms with Crippen LogP contribution < -0.4 is 0 Å². The second-order valence-corrected chi connectivity index (χ2v) is 6.35. The molecule has 0 amide bonds. The molecule has 0 fully saturated rings. The molecule has 2 aromatic carbocycles. The summed E-state index contributed by atoms with van der Waals surface area (Å²) in [6.45, 7) is 0. The number of fused-ring (bicyclic) bond motifs is 1. The Morgan fingerprint density at radius 3 is 2.13 bits per heavy atom. The topological polar surface area (TPSA) is 30.0 Å². The van der Waals surface area contributed by atoms with E-state index >= 15 is 0 Å². The summed E-state index contributed by atoms with van der Waals surface area (Å²) in [5, 5.41) is -0.374. The SMILES string of the molecule is O=C(c1nc2ccc(Br)cc2s1)c1c(F)c(F)c(F)c(F)c1F. The first-order valence-corrected chi connectivity index (χ1v) is 7.54. The summed E-state index contributed by atoms with van der Waals surface area (Å²) in [5.41, 5.74) is -1.15. The molecule has 2 nitrogen and oxygen atoms in total. The maximum Gasteiger partial charge on any atom is 0.227 e. The number of nitrogens with zero attached hydrogens (tertiary/aromatic N) is 1. The average Bonchev–Trinajstić information content (AvgIpc) is 2.94. The van der Waals surface area contributed by atoms with Crippen molar-refractivity contribution in [2.75, 3.05) is 0 Å². The summed E-state index contributed by atoms with van der Waals surface area (Å²) in [7, 11) is 0. The molecule has 0 radical (unpaired) electrons. The third-order valence-corrected chi connectivity index (χ3v) is 4.49. The molecule has 0 aliphatic heterocycles. The van der Waals surface area contributed by atoms with Gasteiger partial charge in [-0.1, -0.05) is 15.9 Å². The van der Waals surface area contributed by atoms with Crippen molar-refractivity contribution in [1.82, 2.24) is 4.98 Å². The van der Waals surface area contributed by atoms with Crippen LogP contribution in [0.2, 0.25) is 0 Å². The number of halogens is 6. The highest BCUT2D eigenvalue weighted by Crippen LogP contribution is 2.30. The second-order valence-electron chi connectivity index (χ2n) is 4.41. The van der Waals surface area contributed by atoms with Crippen LogP contribution in [-0.4, -0.2) is 10.8 Å². The van der Waals surface area contributed by atoms with Crippen molar-refractivity contribution in [2.24, 2.45) is 0 Å². The fourth-order valence-corrected chi connectivity index (χ4v) is 3.37. The van der Waals surface area contributed by atoms with Crippen LogP contribution in [0.4, 0.5) is 22.0 Å². The van der Waals surface area contributed by atoms with E-state index in [1.54, 1.807) is 18.2 Å². The fraction of sp³-hybridized carbons (Fsp3) is 0. The van der Waals surface area contributed by atoms with Gasteiger partial charge >= 0.3 is 0 Å². The van der Waals surface area contributed by atoms with E-state index in [1.165, 1.54) is 0 Å². The van der Waals surface area contributed by atoms with Crippen molar-refractivity contribution in [1.29, 1.82) is 0 Å². The normalized spacial score (nSPS) is 11.2. The largest absolute Gasteiger partial charge is 0.286 e. The number of thiazole rings is 1. The van der Waals surface area contributed by atoms with E-state index in [0.717, 1.165) is 11.3 Å². The number of hydrogen-bond donors (Lipinski definition) is 0. The van der Waals surface area contributed by atoms with Gasteiger partial charge < -0.3 is 0 Å². The first-order chi connectivity index (χ1) is 10.8. The fourth-order valence-electron chi connectivity index (χ4n) is 1.91. The molecule has 0 bridgehead atoms. The summed E-state index contributed by atoms with van der Waals surface area (Å²) >= 11 is 3.99. The molecule has 0 atom stereocenters. The van der Waals surface area contributed by atoms with E-state index in [9.17, 15) is 26.7 Å². The molecule has 23 heavy (non-hydrogen) atoms. The van der Waals surface area contributed by atoms with Gasteiger partial charge in [0.05, 0.1) is 10.2 Å². The predicted octanol–water partition coefficient (Wildman–Crippen LogP) is 4.99. The Hall–Kier alpha value is -1.87. The van der Waals surface area contributed by atoms with Crippen molar-refractivity contribution >= 4 is 43.3 Å². The average molecular weight is 408 g/mol. The van der Waals surface area contributed by atoms with Crippen LogP contribution in [0.3, 0.4) is 0 Å². The Bertz CT molecular complexity index is 942. The zero-order valence-electron chi connectivity index (χ0n) is 10.8. The Balaban J connectivity index is 2.20. The summed E-state index contributed by atoms with van der Waals surface area (Å²) < 4.78 is 68.0. The van der Waals surface area contributed by atoms with Gasteiger partial charge in [0.25, 0.3) is 0 Å². The third kappa shape index (κ3) is 2.53. The van der Waals surface area contributed by atoms with Gasteiger partial charge in [-0.05, 0) is 18.2 Å². The molecule has 9 heteroatoms. The van der Waals surface area contributed by atoms with Crippen LogP contribution in [-0.2, 0) is 0 Å². The minimum Gasteiger partial charge on any atom is -0.286 e. The predicted molar refractivity (Wildman–Crippen MR) is 77.0 cm³/mol. The van der Waals surface area contributed by atoms with Gasteiger partial charge in [-0.2, -0.15) is 0 Å². The summed E-state index contributed by atoms with van der Waals surface area (Å²) in [6, 6.07) is 4.79. The molecule has 1 heterocycles. The Morgan fingerprint density at radius 2 is 1.52 bits per heavy atom. The lowest BCUT2D eigenvalue weighted by Gasteiger charge is -2.05. The van der Waals surface area contributed by atoms with Crippen LogP contribution in [0.15, 0.2) is 22.7 Å². The smallest absolute Gasteiger partial charge is 0.227 e. The lowest BCUT2D eigenvalue weighted by Crippen LogP contribution is -2.13. The first-order valence-electron chi connectivity index (χ1n) is 5.93. The van der Waals surface area contributed by atoms with Crippen LogP contribution in [0, 0.1) is 29.1 Å². The van der Waals surface area contributed by atoms with Gasteiger partial charge in [-0.25, -0.2) is 26.9 Å². The standard InChI is InChI=1S/C14H3BrF5NOS/c15-4-1-2-5-6(3-4)23-14(21-5)13(22)7-8(16)10(18)12(20)11(19)9(7)17/h1-3H. The van der Waals surface area contributed by atoms with Gasteiger partial charge in [0.1, 0.15) is 5.56 Å². The number of hydrogen-bond acceptors (Lipinski definition) is 3. The maximum atomic E-state index is 13.7. The molecular formula is C14H3BrF5NOS. The van der Waals surface area contributed by atoms with E-state index in [0.29, 0.717) is 14.7 Å². The van der Waals surface area contributed by atoms with Crippen molar-refractivity contribution in [3.05, 3.63) is 62.3 Å². The van der Waals surface area contributed by atoms with E-state index < -0.39 is 40.4 Å². The number of carbonyl (C=O) groups is 1. The van der Waals surface area contributed by atoms with Gasteiger partial charge in [0.15, 0.2) is 28.3 Å². The molecule has 3 rings (SSSR count). The van der Waals surface area contributed by atoms with Gasteiger partial charge in [0, 0.05) is 4.47 Å². The number of rotatable bonds is 2. The molecule has 0 saturated heterocycles. The molecule has 118 valence electrons. The van der Waals surface area contributed by atoms with Crippen LogP contribution in [0.5, 0.6) is 0 Å². The quantitative estimate of drug-likeness (QED) is 0.259. The van der Waals surface area contributed by atoms with Crippen LogP contribution in [0.1, 0.15) is 15.4 Å². The van der Waals surface area contributed by atoms with E-state index in [2.05, 4.69) is 20.9 Å². The number of ketones is 1. The zero-order chi connectivity index (χ0) is 16.9.